The molecule has 0 spiro atoms. The lowest BCUT2D eigenvalue weighted by Gasteiger charge is -2.14. The van der Waals surface area contributed by atoms with Crippen LogP contribution in [0.5, 0.6) is 5.75 Å². The Labute approximate surface area is 108 Å². The Balaban J connectivity index is 2.55. The number of aliphatic hydroxyl groups excluding tert-OH is 1. The average Bonchev–Trinajstić information content (AvgIpc) is 2.36. The molecule has 1 heterocycles. The molecule has 96 valence electrons. The van der Waals surface area contributed by atoms with E-state index in [9.17, 15) is 5.11 Å². The topological polar surface area (TPSA) is 42.4 Å². The van der Waals surface area contributed by atoms with Crippen molar-refractivity contribution >= 4 is 11.8 Å². The number of rotatable bonds is 7. The van der Waals surface area contributed by atoms with Crippen molar-refractivity contribution in [3.63, 3.8) is 0 Å². The lowest BCUT2D eigenvalue weighted by Crippen LogP contribution is -2.05. The summed E-state index contributed by atoms with van der Waals surface area (Å²) in [5.41, 5.74) is 0.826. The van der Waals surface area contributed by atoms with Crippen molar-refractivity contribution in [1.29, 1.82) is 0 Å². The molecule has 2 unspecified atom stereocenters. The SMILES string of the molecule is CCOc1cncc(C(O)CSC(C)CC)c1. The Kier molecular flexibility index (Phi) is 6.37. The molecule has 1 N–H and O–H groups in total. The summed E-state index contributed by atoms with van der Waals surface area (Å²) in [7, 11) is 0. The molecule has 1 aromatic heterocycles. The predicted octanol–water partition coefficient (Wildman–Crippen LogP) is 3.05. The second-order valence-corrected chi connectivity index (χ2v) is 5.43. The third-order valence-electron chi connectivity index (χ3n) is 2.54. The van der Waals surface area contributed by atoms with Crippen molar-refractivity contribution in [2.24, 2.45) is 0 Å². The van der Waals surface area contributed by atoms with Crippen molar-refractivity contribution in [3.8, 4) is 5.75 Å². The summed E-state index contributed by atoms with van der Waals surface area (Å²) >= 11 is 1.78. The van der Waals surface area contributed by atoms with Gasteiger partial charge in [0.15, 0.2) is 0 Å². The first kappa shape index (κ1) is 14.3. The van der Waals surface area contributed by atoms with Crippen LogP contribution in [0.25, 0.3) is 0 Å². The standard InChI is InChI=1S/C13H21NO2S/c1-4-10(3)17-9-13(15)11-6-12(16-5-2)8-14-7-11/h6-8,10,13,15H,4-5,9H2,1-3H3. The van der Waals surface area contributed by atoms with Crippen LogP contribution < -0.4 is 4.74 Å². The summed E-state index contributed by atoms with van der Waals surface area (Å²) in [6, 6.07) is 1.86. The Hall–Kier alpha value is -0.740. The van der Waals surface area contributed by atoms with E-state index in [-0.39, 0.29) is 0 Å². The maximum absolute atomic E-state index is 10.0. The van der Waals surface area contributed by atoms with Crippen molar-refractivity contribution in [3.05, 3.63) is 24.0 Å². The van der Waals surface area contributed by atoms with Crippen molar-refractivity contribution < 1.29 is 9.84 Å². The lowest BCUT2D eigenvalue weighted by molar-refractivity contribution is 0.202. The van der Waals surface area contributed by atoms with Gasteiger partial charge in [0.25, 0.3) is 0 Å². The minimum atomic E-state index is -0.470. The van der Waals surface area contributed by atoms with Gasteiger partial charge in [-0.25, -0.2) is 0 Å². The maximum atomic E-state index is 10.0. The monoisotopic (exact) mass is 255 g/mol. The quantitative estimate of drug-likeness (QED) is 0.813. The van der Waals surface area contributed by atoms with E-state index in [0.29, 0.717) is 17.6 Å². The number of ether oxygens (including phenoxy) is 1. The third-order valence-corrected chi connectivity index (χ3v) is 3.95. The van der Waals surface area contributed by atoms with Crippen LogP contribution in [-0.4, -0.2) is 27.7 Å². The summed E-state index contributed by atoms with van der Waals surface area (Å²) in [6.45, 7) is 6.87. The van der Waals surface area contributed by atoms with Gasteiger partial charge in [0, 0.05) is 22.8 Å². The van der Waals surface area contributed by atoms with Gasteiger partial charge in [0.1, 0.15) is 5.75 Å². The molecule has 0 aliphatic carbocycles. The molecule has 0 radical (unpaired) electrons. The zero-order valence-corrected chi connectivity index (χ0v) is 11.5. The fourth-order valence-electron chi connectivity index (χ4n) is 1.33. The molecule has 0 saturated carbocycles. The Bertz CT molecular complexity index is 333. The van der Waals surface area contributed by atoms with Crippen LogP contribution in [0.3, 0.4) is 0 Å². The van der Waals surface area contributed by atoms with Crippen LogP contribution in [0.4, 0.5) is 0 Å². The number of hydrogen-bond acceptors (Lipinski definition) is 4. The molecule has 0 aliphatic heterocycles. The molecule has 0 saturated heterocycles. The molecular formula is C13H21NO2S. The number of thioether (sulfide) groups is 1. The normalized spacial score (nSPS) is 14.4. The zero-order chi connectivity index (χ0) is 12.7. The Morgan fingerprint density at radius 3 is 2.82 bits per heavy atom. The molecule has 0 bridgehead atoms. The van der Waals surface area contributed by atoms with Gasteiger partial charge < -0.3 is 9.84 Å². The molecule has 2 atom stereocenters. The molecule has 1 aromatic rings. The highest BCUT2D eigenvalue weighted by molar-refractivity contribution is 7.99. The van der Waals surface area contributed by atoms with E-state index in [2.05, 4.69) is 18.8 Å². The second-order valence-electron chi connectivity index (χ2n) is 3.95. The number of aliphatic hydroxyl groups is 1. The summed E-state index contributed by atoms with van der Waals surface area (Å²) in [6.07, 6.45) is 4.02. The molecule has 4 heteroatoms. The summed E-state index contributed by atoms with van der Waals surface area (Å²) in [5.74, 6) is 1.42. The second kappa shape index (κ2) is 7.56. The van der Waals surface area contributed by atoms with Crippen molar-refractivity contribution in [2.45, 2.75) is 38.5 Å². The fraction of sp³-hybridized carbons (Fsp3) is 0.615. The summed E-state index contributed by atoms with van der Waals surface area (Å²) in [5, 5.41) is 10.6. The number of pyridine rings is 1. The predicted molar refractivity (Wildman–Crippen MR) is 72.6 cm³/mol. The summed E-state index contributed by atoms with van der Waals surface area (Å²) in [4.78, 5) is 4.08. The van der Waals surface area contributed by atoms with E-state index in [1.807, 2.05) is 13.0 Å². The van der Waals surface area contributed by atoms with E-state index < -0.39 is 6.10 Å². The van der Waals surface area contributed by atoms with E-state index in [1.54, 1.807) is 24.2 Å². The molecule has 17 heavy (non-hydrogen) atoms. The van der Waals surface area contributed by atoms with Gasteiger partial charge in [0.2, 0.25) is 0 Å². The first-order valence-corrected chi connectivity index (χ1v) is 7.09. The lowest BCUT2D eigenvalue weighted by atomic mass is 10.2. The van der Waals surface area contributed by atoms with Gasteiger partial charge >= 0.3 is 0 Å². The van der Waals surface area contributed by atoms with Crippen molar-refractivity contribution in [2.75, 3.05) is 12.4 Å². The number of aromatic nitrogens is 1. The van der Waals surface area contributed by atoms with Crippen LogP contribution in [0.2, 0.25) is 0 Å². The molecule has 1 rings (SSSR count). The third kappa shape index (κ3) is 4.96. The highest BCUT2D eigenvalue weighted by Gasteiger charge is 2.11. The number of nitrogens with zero attached hydrogens (tertiary/aromatic N) is 1. The molecular weight excluding hydrogens is 234 g/mol. The van der Waals surface area contributed by atoms with Gasteiger partial charge in [-0.3, -0.25) is 4.98 Å². The van der Waals surface area contributed by atoms with Crippen LogP contribution >= 0.6 is 11.8 Å². The molecule has 0 aromatic carbocycles. The van der Waals surface area contributed by atoms with Gasteiger partial charge in [-0.2, -0.15) is 11.8 Å². The molecule has 0 amide bonds. The average molecular weight is 255 g/mol. The highest BCUT2D eigenvalue weighted by atomic mass is 32.2. The van der Waals surface area contributed by atoms with Gasteiger partial charge in [-0.05, 0) is 19.4 Å². The van der Waals surface area contributed by atoms with Crippen LogP contribution in [0, 0.1) is 0 Å². The van der Waals surface area contributed by atoms with Gasteiger partial charge in [-0.15, -0.1) is 0 Å². The van der Waals surface area contributed by atoms with E-state index in [1.165, 1.54) is 0 Å². The van der Waals surface area contributed by atoms with E-state index >= 15 is 0 Å². The maximum Gasteiger partial charge on any atom is 0.137 e. The largest absolute Gasteiger partial charge is 0.492 e. The van der Waals surface area contributed by atoms with Crippen molar-refractivity contribution in [1.82, 2.24) is 4.98 Å². The summed E-state index contributed by atoms with van der Waals surface area (Å²) < 4.78 is 5.36. The number of hydrogen-bond donors (Lipinski definition) is 1. The Morgan fingerprint density at radius 1 is 1.41 bits per heavy atom. The first-order valence-electron chi connectivity index (χ1n) is 6.04. The zero-order valence-electron chi connectivity index (χ0n) is 10.7. The molecule has 0 fully saturated rings. The van der Waals surface area contributed by atoms with Gasteiger partial charge in [-0.1, -0.05) is 13.8 Å². The minimum Gasteiger partial charge on any atom is -0.492 e. The molecule has 0 aliphatic rings. The van der Waals surface area contributed by atoms with Gasteiger partial charge in [0.05, 0.1) is 18.9 Å². The fourth-order valence-corrected chi connectivity index (χ4v) is 2.27. The minimum absolute atomic E-state index is 0.470. The van der Waals surface area contributed by atoms with Crippen LogP contribution in [0.1, 0.15) is 38.9 Å². The van der Waals surface area contributed by atoms with E-state index in [4.69, 9.17) is 4.74 Å². The highest BCUT2D eigenvalue weighted by Crippen LogP contribution is 2.24. The smallest absolute Gasteiger partial charge is 0.137 e. The van der Waals surface area contributed by atoms with Crippen LogP contribution in [0.15, 0.2) is 18.5 Å². The molecule has 3 nitrogen and oxygen atoms in total. The van der Waals surface area contributed by atoms with E-state index in [0.717, 1.165) is 17.7 Å². The Morgan fingerprint density at radius 2 is 2.18 bits per heavy atom. The first-order chi connectivity index (χ1) is 8.17. The van der Waals surface area contributed by atoms with Crippen LogP contribution in [-0.2, 0) is 0 Å².